The zero-order chi connectivity index (χ0) is 36.2. The molecule has 2 fully saturated rings. The molecule has 266 valence electrons. The number of nitrogens with one attached hydrogen (secondary N) is 1. The van der Waals surface area contributed by atoms with Crippen LogP contribution in [0.15, 0.2) is 97.1 Å². The monoisotopic (exact) mass is 698 g/mol. The first-order valence-electron chi connectivity index (χ1n) is 17.9. The van der Waals surface area contributed by atoms with Crippen molar-refractivity contribution < 1.29 is 29.0 Å². The summed E-state index contributed by atoms with van der Waals surface area (Å²) in [6.45, 7) is 7.08. The van der Waals surface area contributed by atoms with E-state index in [0.29, 0.717) is 17.7 Å². The molecule has 7 rings (SSSR count). The summed E-state index contributed by atoms with van der Waals surface area (Å²) in [5, 5.41) is 12.1. The van der Waals surface area contributed by atoms with Gasteiger partial charge < -0.3 is 14.7 Å². The molecule has 0 saturated carbocycles. The molecule has 1 unspecified atom stereocenters. The molecule has 2 N–H and O–H groups in total. The Morgan fingerprint density at radius 1 is 0.769 bits per heavy atom. The largest absolute Gasteiger partial charge is 0.508 e. The van der Waals surface area contributed by atoms with Crippen molar-refractivity contribution in [3.63, 3.8) is 0 Å². The van der Waals surface area contributed by atoms with Crippen LogP contribution in [0.2, 0.25) is 0 Å². The number of phenolic OH excluding ortho intramolecular Hbond substituents is 1. The number of fused-ring (bicyclic) bond motifs is 1. The Balaban J connectivity index is 0.881. The second-order valence-corrected chi connectivity index (χ2v) is 13.5. The maximum absolute atomic E-state index is 13.3. The van der Waals surface area contributed by atoms with Crippen LogP contribution in [0.1, 0.15) is 70.0 Å². The smallest absolute Gasteiger partial charge is 0.262 e. The van der Waals surface area contributed by atoms with Gasteiger partial charge >= 0.3 is 0 Å². The number of nitrogens with zero attached hydrogens (tertiary/aromatic N) is 3. The third-order valence-corrected chi connectivity index (χ3v) is 10.2. The highest BCUT2D eigenvalue weighted by Gasteiger charge is 2.44. The minimum absolute atomic E-state index is 0.0956. The van der Waals surface area contributed by atoms with E-state index in [1.54, 1.807) is 24.3 Å². The van der Waals surface area contributed by atoms with Crippen molar-refractivity contribution in [2.45, 2.75) is 38.6 Å². The van der Waals surface area contributed by atoms with Gasteiger partial charge in [0, 0.05) is 38.3 Å². The maximum atomic E-state index is 13.3. The van der Waals surface area contributed by atoms with E-state index < -0.39 is 23.8 Å². The van der Waals surface area contributed by atoms with Crippen molar-refractivity contribution >= 4 is 40.5 Å². The van der Waals surface area contributed by atoms with Crippen LogP contribution in [0.5, 0.6) is 11.5 Å². The molecule has 3 heterocycles. The Morgan fingerprint density at radius 3 is 2.13 bits per heavy atom. The number of ether oxygens (including phenoxy) is 1. The van der Waals surface area contributed by atoms with E-state index in [4.69, 9.17) is 4.74 Å². The molecule has 4 amide bonds. The van der Waals surface area contributed by atoms with E-state index in [9.17, 15) is 24.3 Å². The predicted octanol–water partition coefficient (Wildman–Crippen LogP) is 5.75. The second kappa shape index (κ2) is 15.2. The van der Waals surface area contributed by atoms with Crippen LogP contribution in [-0.4, -0.2) is 83.9 Å². The van der Waals surface area contributed by atoms with Crippen LogP contribution in [0, 0.1) is 0 Å². The van der Waals surface area contributed by atoms with Crippen LogP contribution >= 0.6 is 0 Å². The molecule has 3 aliphatic rings. The van der Waals surface area contributed by atoms with Crippen LogP contribution in [0.25, 0.3) is 11.1 Å². The number of benzene rings is 4. The van der Waals surface area contributed by atoms with Crippen LogP contribution in [0.3, 0.4) is 0 Å². The predicted molar refractivity (Wildman–Crippen MR) is 199 cm³/mol. The lowest BCUT2D eigenvalue weighted by Gasteiger charge is -2.36. The molecule has 0 spiro atoms. The van der Waals surface area contributed by atoms with Gasteiger partial charge in [-0.15, -0.1) is 0 Å². The van der Waals surface area contributed by atoms with E-state index in [1.165, 1.54) is 0 Å². The van der Waals surface area contributed by atoms with Crippen molar-refractivity contribution in [2.24, 2.45) is 0 Å². The van der Waals surface area contributed by atoms with Gasteiger partial charge in [-0.2, -0.15) is 0 Å². The molecular formula is C42H42N4O6. The maximum Gasteiger partial charge on any atom is 0.262 e. The van der Waals surface area contributed by atoms with Crippen LogP contribution < -0.4 is 15.0 Å². The SMILES string of the molecule is C/C(=C(\c1ccc(O)cc1)c1ccc(OCCCCN2CCN(c3ccc4c(c3)C(=O)N(C3CCC(=O)NC3=O)C4=O)CC2)cc1)c1ccccc1. The number of rotatable bonds is 11. The molecule has 52 heavy (non-hydrogen) atoms. The van der Waals surface area contributed by atoms with Gasteiger partial charge in [0.25, 0.3) is 11.8 Å². The number of aromatic hydroxyl groups is 1. The van der Waals surface area contributed by atoms with Gasteiger partial charge in [0.1, 0.15) is 17.5 Å². The van der Waals surface area contributed by atoms with Gasteiger partial charge in [-0.05, 0) is 103 Å². The number of carbonyl (C=O) groups excluding carboxylic acids is 4. The summed E-state index contributed by atoms with van der Waals surface area (Å²) in [6, 6.07) is 30.2. The van der Waals surface area contributed by atoms with E-state index in [1.807, 2.05) is 48.5 Å². The fraction of sp³-hybridized carbons (Fsp3) is 0.286. The number of carbonyl (C=O) groups is 4. The molecular weight excluding hydrogens is 656 g/mol. The lowest BCUT2D eigenvalue weighted by atomic mass is 9.90. The summed E-state index contributed by atoms with van der Waals surface area (Å²) in [6.07, 6.45) is 2.17. The molecule has 10 heteroatoms. The summed E-state index contributed by atoms with van der Waals surface area (Å²) in [4.78, 5) is 55.9. The van der Waals surface area contributed by atoms with Crippen LogP contribution in [0.4, 0.5) is 5.69 Å². The highest BCUT2D eigenvalue weighted by Crippen LogP contribution is 2.34. The molecule has 10 nitrogen and oxygen atoms in total. The van der Waals surface area contributed by atoms with Crippen LogP contribution in [-0.2, 0) is 9.59 Å². The highest BCUT2D eigenvalue weighted by atomic mass is 16.5. The second-order valence-electron chi connectivity index (χ2n) is 13.5. The van der Waals surface area contributed by atoms with E-state index in [-0.39, 0.29) is 24.5 Å². The standard InChI is InChI=1S/C42H42N4O6/c1-28(29-7-3-2-4-8-29)39(30-9-14-33(47)15-10-30)31-11-16-34(17-12-31)52-26-6-5-21-44-22-24-45(25-23-44)32-13-18-35-36(27-32)42(51)46(41(35)50)37-19-20-38(48)43-40(37)49/h2-4,7-18,27,37,47H,5-6,19-26H2,1H3,(H,43,48,49)/b39-28-. The van der Waals surface area contributed by atoms with Gasteiger partial charge in [-0.25, -0.2) is 0 Å². The first-order valence-corrected chi connectivity index (χ1v) is 17.9. The lowest BCUT2D eigenvalue weighted by Crippen LogP contribution is -2.54. The molecule has 0 radical (unpaired) electrons. The number of anilines is 1. The van der Waals surface area contributed by atoms with Crippen molar-refractivity contribution in [3.05, 3.63) is 125 Å². The summed E-state index contributed by atoms with van der Waals surface area (Å²) in [5.74, 6) is -0.900. The van der Waals surface area contributed by atoms with E-state index >= 15 is 0 Å². The number of hydrogen-bond acceptors (Lipinski definition) is 8. The summed E-state index contributed by atoms with van der Waals surface area (Å²) in [5.41, 5.74) is 6.99. The molecule has 4 aromatic carbocycles. The van der Waals surface area contributed by atoms with Crippen molar-refractivity contribution in [1.82, 2.24) is 15.1 Å². The van der Waals surface area contributed by atoms with Crippen molar-refractivity contribution in [3.8, 4) is 11.5 Å². The number of imide groups is 2. The minimum atomic E-state index is -0.967. The Bertz CT molecular complexity index is 2000. The number of amides is 4. The topological polar surface area (TPSA) is 119 Å². The number of piperidine rings is 1. The summed E-state index contributed by atoms with van der Waals surface area (Å²) in [7, 11) is 0. The molecule has 0 aromatic heterocycles. The number of hydrogen-bond donors (Lipinski definition) is 2. The third kappa shape index (κ3) is 7.34. The molecule has 0 aliphatic carbocycles. The quantitative estimate of drug-likeness (QED) is 0.116. The fourth-order valence-corrected chi connectivity index (χ4v) is 7.29. The Hall–Kier alpha value is -5.74. The average molecular weight is 699 g/mol. The Labute approximate surface area is 303 Å². The highest BCUT2D eigenvalue weighted by molar-refractivity contribution is 6.23. The minimum Gasteiger partial charge on any atom is -0.508 e. The van der Waals surface area contributed by atoms with E-state index in [0.717, 1.165) is 89.7 Å². The number of unbranched alkanes of at least 4 members (excludes halogenated alkanes) is 1. The van der Waals surface area contributed by atoms with E-state index in [2.05, 4.69) is 46.3 Å². The molecule has 3 aliphatic heterocycles. The Morgan fingerprint density at radius 2 is 1.44 bits per heavy atom. The molecule has 0 bridgehead atoms. The van der Waals surface area contributed by atoms with Gasteiger partial charge in [0.15, 0.2) is 0 Å². The van der Waals surface area contributed by atoms with Crippen molar-refractivity contribution in [1.29, 1.82) is 0 Å². The first kappa shape index (κ1) is 34.7. The number of phenols is 1. The Kier molecular flexibility index (Phi) is 10.2. The summed E-state index contributed by atoms with van der Waals surface area (Å²) >= 11 is 0. The molecule has 2 saturated heterocycles. The molecule has 4 aromatic rings. The zero-order valence-electron chi connectivity index (χ0n) is 29.2. The molecule has 1 atom stereocenters. The van der Waals surface area contributed by atoms with Gasteiger partial charge in [0.2, 0.25) is 11.8 Å². The third-order valence-electron chi connectivity index (χ3n) is 10.2. The average Bonchev–Trinajstić information content (AvgIpc) is 3.41. The fourth-order valence-electron chi connectivity index (χ4n) is 7.29. The van der Waals surface area contributed by atoms with Gasteiger partial charge in [-0.3, -0.25) is 34.3 Å². The van der Waals surface area contributed by atoms with Crippen molar-refractivity contribution in [2.75, 3.05) is 44.2 Å². The number of allylic oxidation sites excluding steroid dienone is 1. The lowest BCUT2D eigenvalue weighted by molar-refractivity contribution is -0.136. The van der Waals surface area contributed by atoms with Gasteiger partial charge in [-0.1, -0.05) is 54.6 Å². The first-order chi connectivity index (χ1) is 25.3. The summed E-state index contributed by atoms with van der Waals surface area (Å²) < 4.78 is 6.11. The van der Waals surface area contributed by atoms with Gasteiger partial charge in [0.05, 0.1) is 17.7 Å². The number of piperazine rings is 1. The normalized spacial score (nSPS) is 18.3. The zero-order valence-corrected chi connectivity index (χ0v) is 29.2.